The smallest absolute Gasteiger partial charge is 0.418 e. The van der Waals surface area contributed by atoms with Gasteiger partial charge in [0.15, 0.2) is 0 Å². The summed E-state index contributed by atoms with van der Waals surface area (Å²) in [5.74, 6) is -0.960. The van der Waals surface area contributed by atoms with Crippen molar-refractivity contribution in [3.05, 3.63) is 70.8 Å². The first-order chi connectivity index (χ1) is 15.3. The number of halogens is 4. The molecule has 0 aliphatic heterocycles. The average molecular weight is 485 g/mol. The zero-order valence-corrected chi connectivity index (χ0v) is 18.2. The number of pyridine rings is 1. The van der Waals surface area contributed by atoms with Crippen LogP contribution in [0.1, 0.15) is 28.0 Å². The van der Waals surface area contributed by atoms with Crippen molar-refractivity contribution in [2.45, 2.75) is 30.6 Å². The number of carbonyl (C=O) groups excluding carboxylic acids is 1. The van der Waals surface area contributed by atoms with Gasteiger partial charge >= 0.3 is 6.18 Å². The number of carbonyl (C=O) groups is 1. The Balaban J connectivity index is 2.07. The molecule has 0 spiro atoms. The minimum absolute atomic E-state index is 0.0386. The van der Waals surface area contributed by atoms with E-state index in [0.29, 0.717) is 11.6 Å². The van der Waals surface area contributed by atoms with Gasteiger partial charge in [0, 0.05) is 18.3 Å². The summed E-state index contributed by atoms with van der Waals surface area (Å²) in [6, 6.07) is 3.36. The summed E-state index contributed by atoms with van der Waals surface area (Å²) in [4.78, 5) is 16.3. The predicted molar refractivity (Wildman–Crippen MR) is 113 cm³/mol. The molecular formula is C21H19F4N3O4S. The van der Waals surface area contributed by atoms with Gasteiger partial charge in [0.25, 0.3) is 10.0 Å². The van der Waals surface area contributed by atoms with Crippen LogP contribution in [-0.2, 0) is 20.9 Å². The number of anilines is 2. The highest BCUT2D eigenvalue weighted by molar-refractivity contribution is 7.92. The number of nitrogen functional groups attached to an aromatic ring is 1. The number of nitrogens with zero attached hydrogens (tertiary/aromatic N) is 1. The molecule has 1 aromatic heterocycles. The summed E-state index contributed by atoms with van der Waals surface area (Å²) in [5, 5.41) is 0. The minimum atomic E-state index is -4.88. The Bertz CT molecular complexity index is 1270. The van der Waals surface area contributed by atoms with Gasteiger partial charge in [-0.05, 0) is 42.8 Å². The second-order valence-corrected chi connectivity index (χ2v) is 8.86. The number of allylic oxidation sites excluding steroid dienone is 3. The molecule has 1 unspecified atom stereocenters. The third-order valence-electron chi connectivity index (χ3n) is 4.78. The van der Waals surface area contributed by atoms with Gasteiger partial charge in [-0.3, -0.25) is 14.5 Å². The van der Waals surface area contributed by atoms with Gasteiger partial charge in [-0.15, -0.1) is 0 Å². The first-order valence-corrected chi connectivity index (χ1v) is 10.9. The number of hydrogen-bond acceptors (Lipinski definition) is 6. The fourth-order valence-corrected chi connectivity index (χ4v) is 4.28. The first kappa shape index (κ1) is 24.2. The molecule has 7 nitrogen and oxygen atoms in total. The number of aromatic nitrogens is 1. The fraction of sp³-hybridized carbons (Fsp3) is 0.238. The van der Waals surface area contributed by atoms with E-state index in [9.17, 15) is 30.8 Å². The third-order valence-corrected chi connectivity index (χ3v) is 6.14. The summed E-state index contributed by atoms with van der Waals surface area (Å²) in [7, 11) is -3.36. The lowest BCUT2D eigenvalue weighted by molar-refractivity contribution is -0.137. The molecule has 2 aromatic rings. The van der Waals surface area contributed by atoms with Gasteiger partial charge in [-0.2, -0.15) is 13.2 Å². The molecule has 1 aromatic carbocycles. The topological polar surface area (TPSA) is 111 Å². The van der Waals surface area contributed by atoms with E-state index in [4.69, 9.17) is 10.5 Å². The Morgan fingerprint density at radius 1 is 1.27 bits per heavy atom. The summed E-state index contributed by atoms with van der Waals surface area (Å²) in [6.45, 7) is 1.56. The van der Waals surface area contributed by atoms with Crippen molar-refractivity contribution in [1.29, 1.82) is 0 Å². The van der Waals surface area contributed by atoms with E-state index >= 15 is 0 Å². The second-order valence-electron chi connectivity index (χ2n) is 7.18. The number of methoxy groups -OCH3 is 1. The van der Waals surface area contributed by atoms with E-state index in [-0.39, 0.29) is 23.4 Å². The van der Waals surface area contributed by atoms with Crippen LogP contribution in [0.4, 0.5) is 28.9 Å². The first-order valence-electron chi connectivity index (χ1n) is 9.44. The molecule has 1 heterocycles. The van der Waals surface area contributed by atoms with Crippen molar-refractivity contribution >= 4 is 27.2 Å². The Morgan fingerprint density at radius 2 is 1.97 bits per heavy atom. The zero-order valence-electron chi connectivity index (χ0n) is 17.4. The molecule has 176 valence electrons. The van der Waals surface area contributed by atoms with Gasteiger partial charge in [-0.25, -0.2) is 12.8 Å². The minimum Gasteiger partial charge on any atom is -0.496 e. The number of hydrogen-bond donors (Lipinski definition) is 2. The van der Waals surface area contributed by atoms with Crippen molar-refractivity contribution in [2.24, 2.45) is 0 Å². The maximum absolute atomic E-state index is 14.5. The number of ether oxygens (including phenoxy) is 1. The number of ketones is 1. The van der Waals surface area contributed by atoms with Crippen molar-refractivity contribution in [3.8, 4) is 0 Å². The Morgan fingerprint density at radius 3 is 2.61 bits per heavy atom. The van der Waals surface area contributed by atoms with E-state index in [1.54, 1.807) is 6.92 Å². The average Bonchev–Trinajstić information content (AvgIpc) is 2.72. The van der Waals surface area contributed by atoms with Crippen molar-refractivity contribution in [3.63, 3.8) is 0 Å². The van der Waals surface area contributed by atoms with Crippen LogP contribution in [-0.4, -0.2) is 32.5 Å². The lowest BCUT2D eigenvalue weighted by Crippen LogP contribution is -2.23. The molecule has 0 radical (unpaired) electrons. The zero-order chi connectivity index (χ0) is 24.6. The summed E-state index contributed by atoms with van der Waals surface area (Å²) in [6.07, 6.45) is -2.52. The molecule has 1 aliphatic carbocycles. The van der Waals surface area contributed by atoms with Gasteiger partial charge in [0.05, 0.1) is 28.8 Å². The highest BCUT2D eigenvalue weighted by Crippen LogP contribution is 2.35. The molecule has 1 atom stereocenters. The maximum atomic E-state index is 14.5. The van der Waals surface area contributed by atoms with Crippen molar-refractivity contribution < 1.29 is 35.5 Å². The molecule has 3 N–H and O–H groups in total. The lowest BCUT2D eigenvalue weighted by atomic mass is 9.95. The number of alkyl halides is 4. The Kier molecular flexibility index (Phi) is 6.50. The van der Waals surface area contributed by atoms with E-state index in [1.807, 2.05) is 0 Å². The number of nitrogens with two attached hydrogens (primary N) is 1. The molecule has 0 bridgehead atoms. The van der Waals surface area contributed by atoms with E-state index in [2.05, 4.69) is 9.71 Å². The quantitative estimate of drug-likeness (QED) is 0.361. The van der Waals surface area contributed by atoms with Crippen molar-refractivity contribution in [1.82, 2.24) is 4.98 Å². The fourth-order valence-electron chi connectivity index (χ4n) is 3.20. The van der Waals surface area contributed by atoms with Crippen LogP contribution in [0, 0.1) is 6.92 Å². The third kappa shape index (κ3) is 5.00. The number of Topliss-reactive ketones (excluding diaryl/α,β-unsaturated/α-hetero) is 1. The summed E-state index contributed by atoms with van der Waals surface area (Å²) < 4.78 is 86.9. The molecule has 1 aliphatic rings. The normalized spacial score (nSPS) is 16.6. The summed E-state index contributed by atoms with van der Waals surface area (Å²) >= 11 is 0. The molecule has 33 heavy (non-hydrogen) atoms. The van der Waals surface area contributed by atoms with Gasteiger partial charge in [0.1, 0.15) is 17.6 Å². The van der Waals surface area contributed by atoms with Gasteiger partial charge in [0.2, 0.25) is 5.78 Å². The highest BCUT2D eigenvalue weighted by Gasteiger charge is 2.35. The van der Waals surface area contributed by atoms with Gasteiger partial charge < -0.3 is 10.5 Å². The molecule has 3 rings (SSSR count). The van der Waals surface area contributed by atoms with Gasteiger partial charge in [-0.1, -0.05) is 6.08 Å². The van der Waals surface area contributed by atoms with Crippen LogP contribution in [0.25, 0.3) is 0 Å². The lowest BCUT2D eigenvalue weighted by Gasteiger charge is -2.19. The number of rotatable bonds is 6. The van der Waals surface area contributed by atoms with E-state index in [0.717, 1.165) is 12.1 Å². The van der Waals surface area contributed by atoms with Crippen LogP contribution in [0.2, 0.25) is 0 Å². The second kappa shape index (κ2) is 8.85. The Labute approximate surface area is 187 Å². The molecule has 0 amide bonds. The van der Waals surface area contributed by atoms with E-state index in [1.165, 1.54) is 31.5 Å². The van der Waals surface area contributed by atoms with Crippen LogP contribution in [0.15, 0.2) is 58.8 Å². The highest BCUT2D eigenvalue weighted by atomic mass is 32.2. The molecule has 0 saturated carbocycles. The van der Waals surface area contributed by atoms with Crippen LogP contribution in [0.3, 0.4) is 0 Å². The molecule has 0 saturated heterocycles. The molecule has 12 heteroatoms. The summed E-state index contributed by atoms with van der Waals surface area (Å²) in [5.41, 5.74) is 2.70. The van der Waals surface area contributed by atoms with Crippen molar-refractivity contribution in [2.75, 3.05) is 17.6 Å². The SMILES string of the molecule is COC1=C(C(=O)c2ncc(C)cc2NS(=O)(=O)c2ccc(N)c(C(F)(F)F)c2)C(F)CC=C1. The predicted octanol–water partition coefficient (Wildman–Crippen LogP) is 4.17. The number of sulfonamides is 1. The van der Waals surface area contributed by atoms with Crippen LogP contribution in [0.5, 0.6) is 0 Å². The van der Waals surface area contributed by atoms with Crippen LogP contribution >= 0.6 is 0 Å². The number of nitrogens with one attached hydrogen (secondary N) is 1. The largest absolute Gasteiger partial charge is 0.496 e. The molecule has 0 fully saturated rings. The maximum Gasteiger partial charge on any atom is 0.418 e. The standard InChI is InChI=1S/C21H19F4N3O4S/c1-11-8-16(19(27-10-11)20(29)18-14(22)4-3-5-17(18)32-2)28-33(30,31)12-6-7-15(26)13(9-12)21(23,24)25/h3,5-10,14,28H,4,26H2,1-2H3. The molecular weight excluding hydrogens is 466 g/mol. The Hall–Kier alpha value is -3.41. The van der Waals surface area contributed by atoms with Crippen LogP contribution < -0.4 is 10.5 Å². The number of aryl methyl sites for hydroxylation is 1. The number of benzene rings is 1. The van der Waals surface area contributed by atoms with E-state index < -0.39 is 50.0 Å². The monoisotopic (exact) mass is 485 g/mol.